The zero-order chi connectivity index (χ0) is 27.2. The van der Waals surface area contributed by atoms with Crippen LogP contribution in [0.25, 0.3) is 0 Å². The van der Waals surface area contributed by atoms with E-state index in [0.29, 0.717) is 0 Å². The Morgan fingerprint density at radius 2 is 0.829 bits per heavy atom. The average molecular weight is 524 g/mol. The predicted octanol–water partition coefficient (Wildman–Crippen LogP) is 4.51. The van der Waals surface area contributed by atoms with Gasteiger partial charge in [-0.3, -0.25) is 0 Å². The SMILES string of the molecule is C=C(C)C(=O)OC(CC)OOP(=O)(OOC(CC)OC(=O)C(=C)C)OOC(CC)OC(=O)C(=C)C. The third-order valence-electron chi connectivity index (χ3n) is 3.49. The van der Waals surface area contributed by atoms with Crippen molar-refractivity contribution in [1.82, 2.24) is 0 Å². The lowest BCUT2D eigenvalue weighted by Crippen LogP contribution is -2.24. The highest BCUT2D eigenvalue weighted by Crippen LogP contribution is 2.51. The summed E-state index contributed by atoms with van der Waals surface area (Å²) in [5.74, 6) is -2.42. The molecular weight excluding hydrogens is 491 g/mol. The molecule has 0 aromatic heterocycles. The van der Waals surface area contributed by atoms with Crippen molar-refractivity contribution in [3.8, 4) is 0 Å². The molecule has 3 atom stereocenters. The van der Waals surface area contributed by atoms with E-state index in [4.69, 9.17) is 42.9 Å². The van der Waals surface area contributed by atoms with E-state index in [-0.39, 0.29) is 36.0 Å². The molecule has 14 heteroatoms. The van der Waals surface area contributed by atoms with Crippen molar-refractivity contribution in [1.29, 1.82) is 0 Å². The third-order valence-corrected chi connectivity index (χ3v) is 4.29. The fraction of sp³-hybridized carbons (Fsp3) is 0.571. The molecule has 0 aromatic carbocycles. The Hall–Kier alpha value is -2.38. The number of hydrogen-bond donors (Lipinski definition) is 0. The number of carbonyl (C=O) groups is 3. The van der Waals surface area contributed by atoms with Gasteiger partial charge in [-0.1, -0.05) is 40.5 Å². The molecule has 0 rings (SSSR count). The summed E-state index contributed by atoms with van der Waals surface area (Å²) in [6.07, 6.45) is -3.89. The molecule has 3 unspecified atom stereocenters. The van der Waals surface area contributed by atoms with E-state index in [0.717, 1.165) is 0 Å². The second-order valence-electron chi connectivity index (χ2n) is 7.03. The number of carbonyl (C=O) groups excluding carboxylic acids is 3. The van der Waals surface area contributed by atoms with Crippen LogP contribution in [0.3, 0.4) is 0 Å². The smallest absolute Gasteiger partial charge is 0.430 e. The molecule has 0 saturated carbocycles. The van der Waals surface area contributed by atoms with Crippen molar-refractivity contribution in [2.45, 2.75) is 79.7 Å². The normalized spacial score (nSPS) is 15.1. The van der Waals surface area contributed by atoms with Crippen LogP contribution in [0.4, 0.5) is 0 Å². The Labute approximate surface area is 204 Å². The molecule has 0 saturated heterocycles. The predicted molar refractivity (Wildman–Crippen MR) is 119 cm³/mol. The molecule has 35 heavy (non-hydrogen) atoms. The van der Waals surface area contributed by atoms with Crippen molar-refractivity contribution in [3.63, 3.8) is 0 Å². The summed E-state index contributed by atoms with van der Waals surface area (Å²) in [7, 11) is -4.93. The summed E-state index contributed by atoms with van der Waals surface area (Å²) < 4.78 is 42.0. The largest absolute Gasteiger partial charge is 0.557 e. The first-order valence-electron chi connectivity index (χ1n) is 10.5. The van der Waals surface area contributed by atoms with Gasteiger partial charge in [-0.25, -0.2) is 18.9 Å². The highest BCUT2D eigenvalue weighted by Gasteiger charge is 2.37. The maximum absolute atomic E-state index is 13.0. The monoisotopic (exact) mass is 524 g/mol. The fourth-order valence-corrected chi connectivity index (χ4v) is 2.19. The van der Waals surface area contributed by atoms with Crippen LogP contribution in [0, 0.1) is 0 Å². The lowest BCUT2D eigenvalue weighted by Gasteiger charge is -2.22. The Kier molecular flexibility index (Phi) is 15.2. The molecule has 0 aromatic rings. The topological polar surface area (TPSA) is 151 Å². The second kappa shape index (κ2) is 16.3. The summed E-state index contributed by atoms with van der Waals surface area (Å²) in [4.78, 5) is 49.7. The molecule has 0 heterocycles. The van der Waals surface area contributed by atoms with Gasteiger partial charge in [0.15, 0.2) is 0 Å². The van der Waals surface area contributed by atoms with Gasteiger partial charge in [0, 0.05) is 36.0 Å². The maximum atomic E-state index is 13.0. The van der Waals surface area contributed by atoms with Gasteiger partial charge in [-0.2, -0.15) is 14.7 Å². The van der Waals surface area contributed by atoms with E-state index in [9.17, 15) is 18.9 Å². The van der Waals surface area contributed by atoms with Crippen molar-refractivity contribution >= 4 is 25.7 Å². The standard InChI is InChI=1S/C21H33O13P/c1-10-16(26-19(22)13(4)5)29-32-35(25,33-30-17(11-2)27-20(23)14(6)7)34-31-18(12-3)28-21(24)15(8)9/h16-18H,4,6,8,10-12H2,1-3,5,7,9H3. The number of hydrogen-bond acceptors (Lipinski definition) is 13. The Morgan fingerprint density at radius 1 is 0.600 bits per heavy atom. The van der Waals surface area contributed by atoms with Crippen LogP contribution in [0.15, 0.2) is 36.5 Å². The fourth-order valence-electron chi connectivity index (χ4n) is 1.51. The molecule has 0 aliphatic rings. The quantitative estimate of drug-likeness (QED) is 0.0471. The minimum atomic E-state index is -4.93. The summed E-state index contributed by atoms with van der Waals surface area (Å²) in [5, 5.41) is 0. The van der Waals surface area contributed by atoms with Gasteiger partial charge < -0.3 is 14.2 Å². The van der Waals surface area contributed by atoms with E-state index in [2.05, 4.69) is 19.7 Å². The van der Waals surface area contributed by atoms with Gasteiger partial charge in [0.2, 0.25) is 18.9 Å². The lowest BCUT2D eigenvalue weighted by molar-refractivity contribution is -0.395. The minimum Gasteiger partial charge on any atom is -0.430 e. The summed E-state index contributed by atoms with van der Waals surface area (Å²) >= 11 is 0. The van der Waals surface area contributed by atoms with Gasteiger partial charge >= 0.3 is 25.7 Å². The Bertz CT molecular complexity index is 717. The number of phosphoric acid groups is 1. The lowest BCUT2D eigenvalue weighted by atomic mass is 10.3. The van der Waals surface area contributed by atoms with Crippen LogP contribution in [-0.2, 0) is 61.8 Å². The van der Waals surface area contributed by atoms with E-state index < -0.39 is 44.6 Å². The Balaban J connectivity index is 5.45. The molecule has 0 fully saturated rings. The van der Waals surface area contributed by atoms with Gasteiger partial charge in [0.25, 0.3) is 0 Å². The van der Waals surface area contributed by atoms with E-state index >= 15 is 0 Å². The molecule has 0 spiro atoms. The molecule has 0 aliphatic carbocycles. The molecular formula is C21H33O13P. The number of ether oxygens (including phenoxy) is 3. The van der Waals surface area contributed by atoms with Crippen LogP contribution in [0.2, 0.25) is 0 Å². The minimum absolute atomic E-state index is 0.0579. The molecule has 13 nitrogen and oxygen atoms in total. The molecule has 0 aliphatic heterocycles. The van der Waals surface area contributed by atoms with Crippen LogP contribution >= 0.6 is 7.82 Å². The molecule has 0 bridgehead atoms. The van der Waals surface area contributed by atoms with Gasteiger partial charge in [0.1, 0.15) is 0 Å². The maximum Gasteiger partial charge on any atom is 0.557 e. The van der Waals surface area contributed by atoms with E-state index in [1.54, 1.807) is 20.8 Å². The van der Waals surface area contributed by atoms with Crippen LogP contribution in [-0.4, -0.2) is 36.8 Å². The van der Waals surface area contributed by atoms with Crippen molar-refractivity contribution in [3.05, 3.63) is 36.5 Å². The zero-order valence-corrected chi connectivity index (χ0v) is 21.6. The Morgan fingerprint density at radius 3 is 1.00 bits per heavy atom. The van der Waals surface area contributed by atoms with Gasteiger partial charge in [-0.15, -0.1) is 14.0 Å². The second-order valence-corrected chi connectivity index (χ2v) is 8.37. The first kappa shape index (κ1) is 32.6. The van der Waals surface area contributed by atoms with Crippen LogP contribution in [0.1, 0.15) is 60.8 Å². The number of esters is 3. The summed E-state index contributed by atoms with van der Waals surface area (Å²) in [6.45, 7) is 19.2. The highest BCUT2D eigenvalue weighted by atomic mass is 31.2. The average Bonchev–Trinajstić information content (AvgIpc) is 2.81. The van der Waals surface area contributed by atoms with Gasteiger partial charge in [0.05, 0.1) is 0 Å². The van der Waals surface area contributed by atoms with E-state index in [1.165, 1.54) is 20.8 Å². The first-order chi connectivity index (χ1) is 16.3. The van der Waals surface area contributed by atoms with Crippen LogP contribution in [0.5, 0.6) is 0 Å². The van der Waals surface area contributed by atoms with Gasteiger partial charge in [-0.05, 0) is 20.8 Å². The highest BCUT2D eigenvalue weighted by molar-refractivity contribution is 7.48. The zero-order valence-electron chi connectivity index (χ0n) is 20.7. The summed E-state index contributed by atoms with van der Waals surface area (Å²) in [5.41, 5.74) is 0.221. The molecule has 0 radical (unpaired) electrons. The summed E-state index contributed by atoms with van der Waals surface area (Å²) in [6, 6.07) is 0. The van der Waals surface area contributed by atoms with Crippen molar-refractivity contribution in [2.75, 3.05) is 0 Å². The molecule has 0 amide bonds. The van der Waals surface area contributed by atoms with E-state index in [1.807, 2.05) is 0 Å². The third kappa shape index (κ3) is 13.3. The molecule has 0 N–H and O–H groups in total. The van der Waals surface area contributed by atoms with Crippen molar-refractivity contribution < 1.29 is 61.8 Å². The van der Waals surface area contributed by atoms with Crippen LogP contribution < -0.4 is 0 Å². The molecule has 200 valence electrons. The first-order valence-corrected chi connectivity index (χ1v) is 12.0. The number of rotatable bonds is 18. The van der Waals surface area contributed by atoms with Crippen molar-refractivity contribution in [2.24, 2.45) is 0 Å².